The Balaban J connectivity index is 1.40. The molecule has 6 nitrogen and oxygen atoms in total. The van der Waals surface area contributed by atoms with Gasteiger partial charge in [-0.05, 0) is 48.4 Å². The quantitative estimate of drug-likeness (QED) is 0.247. The van der Waals surface area contributed by atoms with E-state index >= 15 is 0 Å². The van der Waals surface area contributed by atoms with Gasteiger partial charge in [0, 0.05) is 10.8 Å². The number of halogens is 1. The lowest BCUT2D eigenvalue weighted by atomic mass is 10.2. The molecule has 1 N–H and O–H groups in total. The largest absolute Gasteiger partial charge is 0.494 e. The van der Waals surface area contributed by atoms with Crippen molar-refractivity contribution >= 4 is 58.6 Å². The highest BCUT2D eigenvalue weighted by Crippen LogP contribution is 2.32. The van der Waals surface area contributed by atoms with Gasteiger partial charge in [0.15, 0.2) is 8.68 Å². The fourth-order valence-corrected chi connectivity index (χ4v) is 5.32. The summed E-state index contributed by atoms with van der Waals surface area (Å²) in [6, 6.07) is 15.2. The molecule has 0 unspecified atom stereocenters. The number of hydrogen-bond acceptors (Lipinski definition) is 8. The van der Waals surface area contributed by atoms with Gasteiger partial charge in [-0.25, -0.2) is 5.43 Å². The molecule has 3 aromatic rings. The van der Waals surface area contributed by atoms with E-state index in [0.29, 0.717) is 6.61 Å². The van der Waals surface area contributed by atoms with Crippen LogP contribution in [0.3, 0.4) is 0 Å². The van der Waals surface area contributed by atoms with Crippen LogP contribution in [0.4, 0.5) is 0 Å². The molecule has 0 atom stereocenters. The van der Waals surface area contributed by atoms with Crippen LogP contribution in [0.2, 0.25) is 5.02 Å². The molecule has 0 aliphatic rings. The van der Waals surface area contributed by atoms with Crippen molar-refractivity contribution < 1.29 is 9.53 Å². The van der Waals surface area contributed by atoms with Crippen LogP contribution in [0.25, 0.3) is 0 Å². The number of rotatable bonds is 10. The van der Waals surface area contributed by atoms with Gasteiger partial charge in [-0.2, -0.15) is 5.10 Å². The third kappa shape index (κ3) is 7.32. The summed E-state index contributed by atoms with van der Waals surface area (Å²) in [6.07, 6.45) is 1.59. The topological polar surface area (TPSA) is 76.5 Å². The fourth-order valence-electron chi connectivity index (χ4n) is 2.22. The van der Waals surface area contributed by atoms with Crippen LogP contribution in [-0.4, -0.2) is 34.7 Å². The molecule has 10 heteroatoms. The molecule has 2 aromatic carbocycles. The van der Waals surface area contributed by atoms with Gasteiger partial charge in [-0.1, -0.05) is 64.7 Å². The number of hydrazone groups is 1. The van der Waals surface area contributed by atoms with Crippen LogP contribution in [0.15, 0.2) is 62.3 Å². The molecule has 0 aliphatic heterocycles. The van der Waals surface area contributed by atoms with Gasteiger partial charge in [-0.15, -0.1) is 10.2 Å². The second-order valence-electron chi connectivity index (χ2n) is 5.80. The van der Waals surface area contributed by atoms with Crippen molar-refractivity contribution in [2.24, 2.45) is 5.10 Å². The lowest BCUT2D eigenvalue weighted by Crippen LogP contribution is -2.19. The summed E-state index contributed by atoms with van der Waals surface area (Å²) >= 11 is 10.5. The number of nitrogens with zero attached hydrogens (tertiary/aromatic N) is 3. The molecule has 1 heterocycles. The molecule has 0 aliphatic carbocycles. The average molecular weight is 479 g/mol. The van der Waals surface area contributed by atoms with Crippen LogP contribution >= 0.6 is 46.5 Å². The van der Waals surface area contributed by atoms with E-state index in [-0.39, 0.29) is 11.7 Å². The van der Waals surface area contributed by atoms with E-state index in [1.54, 1.807) is 18.0 Å². The minimum absolute atomic E-state index is 0.206. The van der Waals surface area contributed by atoms with E-state index in [4.69, 9.17) is 16.3 Å². The van der Waals surface area contributed by atoms with E-state index in [0.717, 1.165) is 36.3 Å². The molecule has 3 rings (SSSR count). The number of thioether (sulfide) groups is 2. The zero-order chi connectivity index (χ0) is 21.2. The minimum atomic E-state index is -0.206. The minimum Gasteiger partial charge on any atom is -0.494 e. The summed E-state index contributed by atoms with van der Waals surface area (Å²) in [4.78, 5) is 12.0. The van der Waals surface area contributed by atoms with Crippen molar-refractivity contribution in [3.05, 3.63) is 64.7 Å². The zero-order valence-electron chi connectivity index (χ0n) is 16.1. The normalized spacial score (nSPS) is 11.0. The molecule has 0 fully saturated rings. The van der Waals surface area contributed by atoms with Crippen molar-refractivity contribution in [3.63, 3.8) is 0 Å². The fraction of sp³-hybridized carbons (Fsp3) is 0.200. The zero-order valence-corrected chi connectivity index (χ0v) is 19.3. The predicted octanol–water partition coefficient (Wildman–Crippen LogP) is 5.12. The Morgan fingerprint density at radius 2 is 1.90 bits per heavy atom. The lowest BCUT2D eigenvalue weighted by Gasteiger charge is -2.02. The molecular formula is C20H19ClN4O2S3. The Hall–Kier alpha value is -2.07. The third-order valence-corrected chi connectivity index (χ3v) is 7.23. The summed E-state index contributed by atoms with van der Waals surface area (Å²) in [7, 11) is 0. The standard InChI is InChI=1S/C20H19ClN4O2S3/c1-2-27-16-9-7-14(8-10-16)11-22-23-18(26)13-29-20-25-24-19(30-20)28-12-15-5-3-4-6-17(15)21/h3-11H,2,12-13H2,1H3,(H,23,26)/b22-11+. The van der Waals surface area contributed by atoms with Crippen LogP contribution in [0, 0.1) is 0 Å². The number of nitrogens with one attached hydrogen (secondary N) is 1. The second kappa shape index (κ2) is 11.9. The van der Waals surface area contributed by atoms with Crippen LogP contribution in [-0.2, 0) is 10.5 Å². The van der Waals surface area contributed by atoms with Crippen molar-refractivity contribution in [2.75, 3.05) is 12.4 Å². The maximum atomic E-state index is 12.0. The average Bonchev–Trinajstić information content (AvgIpc) is 3.21. The van der Waals surface area contributed by atoms with E-state index in [9.17, 15) is 4.79 Å². The van der Waals surface area contributed by atoms with E-state index in [1.807, 2.05) is 55.5 Å². The van der Waals surface area contributed by atoms with Crippen LogP contribution in [0.1, 0.15) is 18.1 Å². The molecule has 1 aromatic heterocycles. The molecule has 0 bridgehead atoms. The molecule has 0 radical (unpaired) electrons. The number of hydrogen-bond donors (Lipinski definition) is 1. The third-order valence-electron chi connectivity index (χ3n) is 3.62. The first kappa shape index (κ1) is 22.6. The van der Waals surface area contributed by atoms with Crippen LogP contribution < -0.4 is 10.2 Å². The molecular weight excluding hydrogens is 460 g/mol. The van der Waals surface area contributed by atoms with Crippen molar-refractivity contribution in [1.29, 1.82) is 0 Å². The molecule has 0 saturated heterocycles. The molecule has 156 valence electrons. The Kier molecular flexibility index (Phi) is 9.00. The summed E-state index contributed by atoms with van der Waals surface area (Å²) in [5.74, 6) is 1.53. The Bertz CT molecular complexity index is 996. The second-order valence-corrected chi connectivity index (χ2v) is 9.63. The van der Waals surface area contributed by atoms with Gasteiger partial charge in [-0.3, -0.25) is 4.79 Å². The van der Waals surface area contributed by atoms with E-state index < -0.39 is 0 Å². The SMILES string of the molecule is CCOc1ccc(/C=N/NC(=O)CSc2nnc(SCc3ccccc3Cl)s2)cc1. The number of carbonyl (C=O) groups excluding carboxylic acids is 1. The van der Waals surface area contributed by atoms with Gasteiger partial charge in [0.25, 0.3) is 5.91 Å². The lowest BCUT2D eigenvalue weighted by molar-refractivity contribution is -0.118. The maximum Gasteiger partial charge on any atom is 0.250 e. The van der Waals surface area contributed by atoms with Crippen molar-refractivity contribution in [1.82, 2.24) is 15.6 Å². The highest BCUT2D eigenvalue weighted by molar-refractivity contribution is 8.03. The van der Waals surface area contributed by atoms with Gasteiger partial charge < -0.3 is 4.74 Å². The highest BCUT2D eigenvalue weighted by atomic mass is 35.5. The van der Waals surface area contributed by atoms with Crippen molar-refractivity contribution in [3.8, 4) is 5.75 Å². The summed E-state index contributed by atoms with van der Waals surface area (Å²) < 4.78 is 6.97. The number of ether oxygens (including phenoxy) is 1. The van der Waals surface area contributed by atoms with E-state index in [1.165, 1.54) is 23.1 Å². The summed E-state index contributed by atoms with van der Waals surface area (Å²) in [5.41, 5.74) is 4.44. The van der Waals surface area contributed by atoms with Crippen LogP contribution in [0.5, 0.6) is 5.75 Å². The molecule has 0 saturated carbocycles. The molecule has 30 heavy (non-hydrogen) atoms. The Morgan fingerprint density at radius 1 is 1.17 bits per heavy atom. The van der Waals surface area contributed by atoms with Gasteiger partial charge >= 0.3 is 0 Å². The maximum absolute atomic E-state index is 12.0. The summed E-state index contributed by atoms with van der Waals surface area (Å²) in [6.45, 7) is 2.56. The monoisotopic (exact) mass is 478 g/mol. The first-order chi connectivity index (χ1) is 14.6. The first-order valence-electron chi connectivity index (χ1n) is 9.01. The van der Waals surface area contributed by atoms with E-state index in [2.05, 4.69) is 20.7 Å². The summed E-state index contributed by atoms with van der Waals surface area (Å²) in [5, 5.41) is 13.0. The predicted molar refractivity (Wildman–Crippen MR) is 125 cm³/mol. The van der Waals surface area contributed by atoms with Gasteiger partial charge in [0.05, 0.1) is 18.6 Å². The molecule has 1 amide bonds. The van der Waals surface area contributed by atoms with Gasteiger partial charge in [0.2, 0.25) is 0 Å². The number of amides is 1. The Morgan fingerprint density at radius 3 is 2.63 bits per heavy atom. The first-order valence-corrected chi connectivity index (χ1v) is 12.2. The number of benzene rings is 2. The van der Waals surface area contributed by atoms with Gasteiger partial charge in [0.1, 0.15) is 5.75 Å². The number of carbonyl (C=O) groups is 1. The number of aromatic nitrogens is 2. The highest BCUT2D eigenvalue weighted by Gasteiger charge is 2.09. The van der Waals surface area contributed by atoms with Crippen molar-refractivity contribution in [2.45, 2.75) is 21.4 Å². The smallest absolute Gasteiger partial charge is 0.250 e. The molecule has 0 spiro atoms. The Labute approximate surface area is 192 Å².